The summed E-state index contributed by atoms with van der Waals surface area (Å²) < 4.78 is 5.22. The predicted molar refractivity (Wildman–Crippen MR) is 105 cm³/mol. The number of aromatic nitrogens is 2. The molecule has 4 heterocycles. The number of piperazine rings is 1. The molecule has 0 atom stereocenters. The molecule has 2 aromatic heterocycles. The van der Waals surface area contributed by atoms with Crippen molar-refractivity contribution in [2.24, 2.45) is 0 Å². The van der Waals surface area contributed by atoms with Gasteiger partial charge in [-0.1, -0.05) is 0 Å². The lowest BCUT2D eigenvalue weighted by Crippen LogP contribution is -2.48. The van der Waals surface area contributed by atoms with Crippen LogP contribution >= 0.6 is 0 Å². The maximum Gasteiger partial charge on any atom is 0.246 e. The summed E-state index contributed by atoms with van der Waals surface area (Å²) in [6.07, 6.45) is 8.64. The van der Waals surface area contributed by atoms with E-state index in [4.69, 9.17) is 4.42 Å². The summed E-state index contributed by atoms with van der Waals surface area (Å²) in [6.45, 7) is 5.02. The fraction of sp³-hybridized carbons (Fsp3) is 0.450. The molecule has 0 bridgehead atoms. The topological polar surface area (TPSA) is 65.7 Å². The maximum absolute atomic E-state index is 12.3. The van der Waals surface area contributed by atoms with Crippen LogP contribution in [0, 0.1) is 0 Å². The Morgan fingerprint density at radius 1 is 0.889 bits per heavy atom. The average Bonchev–Trinajstić information content (AvgIpc) is 3.27. The Labute approximate surface area is 159 Å². The van der Waals surface area contributed by atoms with Crippen LogP contribution in [0.3, 0.4) is 0 Å². The molecule has 4 rings (SSSR count). The zero-order chi connectivity index (χ0) is 18.5. The summed E-state index contributed by atoms with van der Waals surface area (Å²) in [4.78, 5) is 18.6. The SMILES string of the molecule is O=C(/C=C/c1ccco1)N1CCN(c2ccc(N3CCCCC3)nn2)CC1. The number of carbonyl (C=O) groups excluding carboxylic acids is 1. The summed E-state index contributed by atoms with van der Waals surface area (Å²) in [6, 6.07) is 7.75. The van der Waals surface area contributed by atoms with Crippen molar-refractivity contribution in [1.29, 1.82) is 0 Å². The van der Waals surface area contributed by atoms with E-state index in [-0.39, 0.29) is 5.91 Å². The fourth-order valence-electron chi connectivity index (χ4n) is 3.58. The highest BCUT2D eigenvalue weighted by molar-refractivity contribution is 5.91. The normalized spacial score (nSPS) is 18.3. The maximum atomic E-state index is 12.3. The van der Waals surface area contributed by atoms with E-state index in [1.807, 2.05) is 17.0 Å². The molecule has 2 aliphatic rings. The summed E-state index contributed by atoms with van der Waals surface area (Å²) in [7, 11) is 0. The molecule has 2 aliphatic heterocycles. The standard InChI is InChI=1S/C20H25N5O2/c26-20(9-6-17-5-4-16-27-17)25-14-12-24(13-15-25)19-8-7-18(21-22-19)23-10-2-1-3-11-23/h4-9,16H,1-3,10-15H2/b9-6+. The molecular weight excluding hydrogens is 342 g/mol. The Kier molecular flexibility index (Phi) is 5.37. The summed E-state index contributed by atoms with van der Waals surface area (Å²) in [5, 5.41) is 8.84. The van der Waals surface area contributed by atoms with Crippen molar-refractivity contribution in [2.45, 2.75) is 19.3 Å². The van der Waals surface area contributed by atoms with E-state index in [9.17, 15) is 4.79 Å². The van der Waals surface area contributed by atoms with Crippen molar-refractivity contribution < 1.29 is 9.21 Å². The first-order chi connectivity index (χ1) is 13.3. The van der Waals surface area contributed by atoms with Crippen LogP contribution in [0.4, 0.5) is 11.6 Å². The molecule has 1 amide bonds. The fourth-order valence-corrected chi connectivity index (χ4v) is 3.58. The third-order valence-corrected chi connectivity index (χ3v) is 5.17. The van der Waals surface area contributed by atoms with Crippen LogP contribution in [-0.2, 0) is 4.79 Å². The molecule has 7 nitrogen and oxygen atoms in total. The Bertz CT molecular complexity index is 758. The smallest absolute Gasteiger partial charge is 0.246 e. The third-order valence-electron chi connectivity index (χ3n) is 5.17. The van der Waals surface area contributed by atoms with Gasteiger partial charge in [0, 0.05) is 45.3 Å². The number of amides is 1. The molecule has 27 heavy (non-hydrogen) atoms. The highest BCUT2D eigenvalue weighted by Gasteiger charge is 2.21. The Balaban J connectivity index is 1.30. The summed E-state index contributed by atoms with van der Waals surface area (Å²) in [5.74, 6) is 2.55. The van der Waals surface area contributed by atoms with Crippen LogP contribution in [0.15, 0.2) is 41.0 Å². The molecule has 7 heteroatoms. The number of piperidine rings is 1. The van der Waals surface area contributed by atoms with Gasteiger partial charge in [-0.05, 0) is 49.6 Å². The van der Waals surface area contributed by atoms with E-state index >= 15 is 0 Å². The number of nitrogens with zero attached hydrogens (tertiary/aromatic N) is 5. The van der Waals surface area contributed by atoms with Gasteiger partial charge >= 0.3 is 0 Å². The van der Waals surface area contributed by atoms with Gasteiger partial charge in [-0.3, -0.25) is 4.79 Å². The van der Waals surface area contributed by atoms with Gasteiger partial charge in [-0.25, -0.2) is 0 Å². The number of rotatable bonds is 4. The highest BCUT2D eigenvalue weighted by atomic mass is 16.3. The van der Waals surface area contributed by atoms with Crippen molar-refractivity contribution in [3.8, 4) is 0 Å². The van der Waals surface area contributed by atoms with Gasteiger partial charge in [0.1, 0.15) is 5.76 Å². The Morgan fingerprint density at radius 3 is 2.15 bits per heavy atom. The minimum atomic E-state index is 0.0116. The molecule has 2 saturated heterocycles. The van der Waals surface area contributed by atoms with Gasteiger partial charge in [0.05, 0.1) is 6.26 Å². The number of furan rings is 1. The third kappa shape index (κ3) is 4.30. The molecular formula is C20H25N5O2. The lowest BCUT2D eigenvalue weighted by Gasteiger charge is -2.35. The number of hydrogen-bond acceptors (Lipinski definition) is 6. The second-order valence-corrected chi connectivity index (χ2v) is 6.96. The number of hydrogen-bond donors (Lipinski definition) is 0. The van der Waals surface area contributed by atoms with Gasteiger partial charge in [-0.2, -0.15) is 0 Å². The van der Waals surface area contributed by atoms with Gasteiger partial charge in [0.2, 0.25) is 5.91 Å². The zero-order valence-electron chi connectivity index (χ0n) is 15.5. The molecule has 0 spiro atoms. The lowest BCUT2D eigenvalue weighted by atomic mass is 10.1. The van der Waals surface area contributed by atoms with Crippen molar-refractivity contribution in [1.82, 2.24) is 15.1 Å². The van der Waals surface area contributed by atoms with E-state index in [2.05, 4.69) is 26.1 Å². The molecule has 0 N–H and O–H groups in total. The van der Waals surface area contributed by atoms with Crippen molar-refractivity contribution in [3.63, 3.8) is 0 Å². The lowest BCUT2D eigenvalue weighted by molar-refractivity contribution is -0.126. The van der Waals surface area contributed by atoms with Crippen LogP contribution in [0.1, 0.15) is 25.0 Å². The Hall–Kier alpha value is -2.83. The molecule has 0 radical (unpaired) electrons. The first kappa shape index (κ1) is 17.6. The van der Waals surface area contributed by atoms with E-state index in [1.54, 1.807) is 24.5 Å². The predicted octanol–water partition coefficient (Wildman–Crippen LogP) is 2.42. The zero-order valence-corrected chi connectivity index (χ0v) is 15.5. The van der Waals surface area contributed by atoms with Gasteiger partial charge in [0.25, 0.3) is 0 Å². The summed E-state index contributed by atoms with van der Waals surface area (Å²) in [5.41, 5.74) is 0. The van der Waals surface area contributed by atoms with Crippen LogP contribution in [0.5, 0.6) is 0 Å². The quantitative estimate of drug-likeness (QED) is 0.774. The Morgan fingerprint density at radius 2 is 1.56 bits per heavy atom. The highest BCUT2D eigenvalue weighted by Crippen LogP contribution is 2.20. The largest absolute Gasteiger partial charge is 0.465 e. The molecule has 0 aliphatic carbocycles. The van der Waals surface area contributed by atoms with Crippen LogP contribution < -0.4 is 9.80 Å². The summed E-state index contributed by atoms with van der Waals surface area (Å²) >= 11 is 0. The molecule has 2 fully saturated rings. The molecule has 0 aromatic carbocycles. The number of carbonyl (C=O) groups is 1. The second kappa shape index (κ2) is 8.24. The van der Waals surface area contributed by atoms with E-state index in [0.717, 1.165) is 37.8 Å². The van der Waals surface area contributed by atoms with E-state index < -0.39 is 0 Å². The van der Waals surface area contributed by atoms with Crippen LogP contribution in [0.25, 0.3) is 6.08 Å². The second-order valence-electron chi connectivity index (χ2n) is 6.96. The minimum absolute atomic E-state index is 0.0116. The number of anilines is 2. The first-order valence-corrected chi connectivity index (χ1v) is 9.64. The van der Waals surface area contributed by atoms with E-state index in [1.165, 1.54) is 19.3 Å². The van der Waals surface area contributed by atoms with Crippen molar-refractivity contribution >= 4 is 23.6 Å². The van der Waals surface area contributed by atoms with E-state index in [0.29, 0.717) is 18.8 Å². The minimum Gasteiger partial charge on any atom is -0.465 e. The molecule has 0 saturated carbocycles. The van der Waals surface area contributed by atoms with Gasteiger partial charge < -0.3 is 19.1 Å². The van der Waals surface area contributed by atoms with Crippen molar-refractivity contribution in [3.05, 3.63) is 42.4 Å². The average molecular weight is 367 g/mol. The first-order valence-electron chi connectivity index (χ1n) is 9.64. The van der Waals surface area contributed by atoms with Crippen LogP contribution in [0.2, 0.25) is 0 Å². The molecule has 142 valence electrons. The molecule has 0 unspecified atom stereocenters. The van der Waals surface area contributed by atoms with Gasteiger partial charge in [0.15, 0.2) is 11.6 Å². The van der Waals surface area contributed by atoms with Crippen molar-refractivity contribution in [2.75, 3.05) is 49.1 Å². The molecule has 2 aromatic rings. The van der Waals surface area contributed by atoms with Gasteiger partial charge in [-0.15, -0.1) is 10.2 Å². The monoisotopic (exact) mass is 367 g/mol. The van der Waals surface area contributed by atoms with Crippen LogP contribution in [-0.4, -0.2) is 60.3 Å².